The van der Waals surface area contributed by atoms with Gasteiger partial charge >= 0.3 is 0 Å². The van der Waals surface area contributed by atoms with Gasteiger partial charge in [-0.05, 0) is 37.5 Å². The molecule has 0 amide bonds. The van der Waals surface area contributed by atoms with Crippen molar-refractivity contribution in [3.63, 3.8) is 0 Å². The van der Waals surface area contributed by atoms with E-state index in [4.69, 9.17) is 0 Å². The maximum Gasteiger partial charge on any atom is 0.229 e. The molecule has 3 heterocycles. The Morgan fingerprint density at radius 2 is 1.79 bits per heavy atom. The van der Waals surface area contributed by atoms with Crippen LogP contribution in [0, 0.1) is 6.92 Å². The molecule has 0 aliphatic carbocycles. The number of piperidine rings is 1. The third-order valence-electron chi connectivity index (χ3n) is 5.09. The monoisotopic (exact) mass is 374 g/mol. The zero-order valence-corrected chi connectivity index (χ0v) is 16.2. The van der Waals surface area contributed by atoms with E-state index >= 15 is 0 Å². The fraction of sp³-hybridized carbons (Fsp3) is 0.318. The number of likely N-dealkylation sites (tertiary alicyclic amines) is 1. The lowest BCUT2D eigenvalue weighted by Gasteiger charge is -2.32. The van der Waals surface area contributed by atoms with Gasteiger partial charge in [-0.25, -0.2) is 4.98 Å². The fourth-order valence-electron chi connectivity index (χ4n) is 3.48. The standard InChI is InChI=1S/C22H26N6/c1-17-15-24-22(26-19-7-11-23-12-8-19)27-21(17)25-20-9-13-28(14-10-20)16-18-5-3-2-4-6-18/h2-8,11-12,15,20H,9-10,13-14,16H2,1H3,(H2,23,24,25,26,27). The van der Waals surface area contributed by atoms with Crippen molar-refractivity contribution in [2.75, 3.05) is 23.7 Å². The third-order valence-corrected chi connectivity index (χ3v) is 5.09. The van der Waals surface area contributed by atoms with Crippen LogP contribution in [0.5, 0.6) is 0 Å². The van der Waals surface area contributed by atoms with E-state index in [2.05, 4.69) is 60.8 Å². The van der Waals surface area contributed by atoms with Gasteiger partial charge in [0.2, 0.25) is 5.95 Å². The summed E-state index contributed by atoms with van der Waals surface area (Å²) in [6.45, 7) is 5.26. The van der Waals surface area contributed by atoms with Crippen molar-refractivity contribution >= 4 is 17.5 Å². The molecule has 0 unspecified atom stereocenters. The quantitative estimate of drug-likeness (QED) is 0.680. The number of pyridine rings is 1. The van der Waals surface area contributed by atoms with Gasteiger partial charge in [0.05, 0.1) is 0 Å². The molecule has 1 aliphatic rings. The summed E-state index contributed by atoms with van der Waals surface area (Å²) in [4.78, 5) is 15.6. The molecule has 3 aromatic rings. The van der Waals surface area contributed by atoms with Gasteiger partial charge in [-0.2, -0.15) is 4.98 Å². The zero-order valence-electron chi connectivity index (χ0n) is 16.2. The molecule has 0 radical (unpaired) electrons. The SMILES string of the molecule is Cc1cnc(Nc2ccncc2)nc1NC1CCN(Cc2ccccc2)CC1. The van der Waals surface area contributed by atoms with E-state index in [0.29, 0.717) is 12.0 Å². The highest BCUT2D eigenvalue weighted by Gasteiger charge is 2.20. The molecule has 1 aliphatic heterocycles. The van der Waals surface area contributed by atoms with Crippen molar-refractivity contribution in [1.29, 1.82) is 0 Å². The largest absolute Gasteiger partial charge is 0.367 e. The van der Waals surface area contributed by atoms with Crippen LogP contribution in [0.4, 0.5) is 17.5 Å². The van der Waals surface area contributed by atoms with Crippen molar-refractivity contribution in [2.24, 2.45) is 0 Å². The Kier molecular flexibility index (Phi) is 5.77. The molecule has 6 heteroatoms. The Hall–Kier alpha value is -2.99. The van der Waals surface area contributed by atoms with Gasteiger partial charge in [0.1, 0.15) is 5.82 Å². The van der Waals surface area contributed by atoms with Gasteiger partial charge < -0.3 is 10.6 Å². The molecule has 28 heavy (non-hydrogen) atoms. The first-order valence-electron chi connectivity index (χ1n) is 9.80. The van der Waals surface area contributed by atoms with Crippen LogP contribution >= 0.6 is 0 Å². The second-order valence-electron chi connectivity index (χ2n) is 7.27. The van der Waals surface area contributed by atoms with Gasteiger partial charge in [0, 0.05) is 55.5 Å². The van der Waals surface area contributed by atoms with Gasteiger partial charge in [-0.3, -0.25) is 9.88 Å². The second kappa shape index (κ2) is 8.80. The molecular weight excluding hydrogens is 348 g/mol. The molecule has 4 rings (SSSR count). The predicted molar refractivity (Wildman–Crippen MR) is 113 cm³/mol. The summed E-state index contributed by atoms with van der Waals surface area (Å²) in [7, 11) is 0. The van der Waals surface area contributed by atoms with E-state index in [0.717, 1.165) is 49.5 Å². The number of aryl methyl sites for hydroxylation is 1. The van der Waals surface area contributed by atoms with Crippen LogP contribution in [0.15, 0.2) is 61.1 Å². The van der Waals surface area contributed by atoms with Crippen LogP contribution in [-0.4, -0.2) is 39.0 Å². The van der Waals surface area contributed by atoms with Crippen LogP contribution in [0.3, 0.4) is 0 Å². The summed E-state index contributed by atoms with van der Waals surface area (Å²) in [5.41, 5.74) is 3.37. The highest BCUT2D eigenvalue weighted by molar-refractivity contribution is 5.55. The van der Waals surface area contributed by atoms with Crippen LogP contribution in [0.2, 0.25) is 0 Å². The minimum Gasteiger partial charge on any atom is -0.367 e. The summed E-state index contributed by atoms with van der Waals surface area (Å²) in [5, 5.41) is 6.86. The topological polar surface area (TPSA) is 66.0 Å². The minimum atomic E-state index is 0.439. The maximum absolute atomic E-state index is 4.68. The van der Waals surface area contributed by atoms with Gasteiger partial charge in [-0.1, -0.05) is 30.3 Å². The van der Waals surface area contributed by atoms with E-state index in [1.165, 1.54) is 5.56 Å². The van der Waals surface area contributed by atoms with Crippen molar-refractivity contribution in [2.45, 2.75) is 32.4 Å². The molecule has 1 fully saturated rings. The van der Waals surface area contributed by atoms with E-state index < -0.39 is 0 Å². The van der Waals surface area contributed by atoms with E-state index in [9.17, 15) is 0 Å². The predicted octanol–water partition coefficient (Wildman–Crippen LogP) is 4.00. The Labute approximate surface area is 166 Å². The average Bonchev–Trinajstić information content (AvgIpc) is 2.73. The number of hydrogen-bond donors (Lipinski definition) is 2. The number of benzene rings is 1. The highest BCUT2D eigenvalue weighted by Crippen LogP contribution is 2.21. The molecule has 2 N–H and O–H groups in total. The maximum atomic E-state index is 4.68. The second-order valence-corrected chi connectivity index (χ2v) is 7.27. The summed E-state index contributed by atoms with van der Waals surface area (Å²) < 4.78 is 0. The molecular formula is C22H26N6. The normalized spacial score (nSPS) is 15.3. The third kappa shape index (κ3) is 4.84. The first kappa shape index (κ1) is 18.4. The molecule has 0 atom stereocenters. The molecule has 2 aromatic heterocycles. The number of nitrogens with zero attached hydrogens (tertiary/aromatic N) is 4. The lowest BCUT2D eigenvalue weighted by molar-refractivity contribution is 0.211. The number of anilines is 3. The Balaban J connectivity index is 1.34. The van der Waals surface area contributed by atoms with Crippen molar-refractivity contribution in [1.82, 2.24) is 19.9 Å². The molecule has 0 saturated carbocycles. The van der Waals surface area contributed by atoms with Crippen LogP contribution < -0.4 is 10.6 Å². The van der Waals surface area contributed by atoms with Crippen LogP contribution in [0.1, 0.15) is 24.0 Å². The lowest BCUT2D eigenvalue weighted by atomic mass is 10.0. The number of nitrogens with one attached hydrogen (secondary N) is 2. The highest BCUT2D eigenvalue weighted by atomic mass is 15.2. The van der Waals surface area contributed by atoms with Gasteiger partial charge in [0.25, 0.3) is 0 Å². The molecule has 1 saturated heterocycles. The smallest absolute Gasteiger partial charge is 0.229 e. The van der Waals surface area contributed by atoms with E-state index in [-0.39, 0.29) is 0 Å². The van der Waals surface area contributed by atoms with E-state index in [1.807, 2.05) is 25.3 Å². The van der Waals surface area contributed by atoms with Crippen molar-refractivity contribution in [3.8, 4) is 0 Å². The van der Waals surface area contributed by atoms with Crippen molar-refractivity contribution in [3.05, 3.63) is 72.2 Å². The summed E-state index contributed by atoms with van der Waals surface area (Å²) in [5.74, 6) is 1.51. The molecule has 1 aromatic carbocycles. The van der Waals surface area contributed by atoms with E-state index in [1.54, 1.807) is 12.4 Å². The minimum absolute atomic E-state index is 0.439. The molecule has 6 nitrogen and oxygen atoms in total. The molecule has 0 spiro atoms. The summed E-state index contributed by atoms with van der Waals surface area (Å²) >= 11 is 0. The zero-order chi connectivity index (χ0) is 19.2. The number of rotatable bonds is 6. The Morgan fingerprint density at radius 1 is 1.04 bits per heavy atom. The summed E-state index contributed by atoms with van der Waals surface area (Å²) in [6.07, 6.45) is 7.59. The number of hydrogen-bond acceptors (Lipinski definition) is 6. The first-order chi connectivity index (χ1) is 13.8. The lowest BCUT2D eigenvalue weighted by Crippen LogP contribution is -2.38. The van der Waals surface area contributed by atoms with Crippen LogP contribution in [0.25, 0.3) is 0 Å². The summed E-state index contributed by atoms with van der Waals surface area (Å²) in [6, 6.07) is 14.9. The Bertz CT molecular complexity index is 876. The molecule has 144 valence electrons. The number of aromatic nitrogens is 3. The molecule has 0 bridgehead atoms. The first-order valence-corrected chi connectivity index (χ1v) is 9.80. The van der Waals surface area contributed by atoms with Crippen molar-refractivity contribution < 1.29 is 0 Å². The van der Waals surface area contributed by atoms with Crippen LogP contribution in [-0.2, 0) is 6.54 Å². The Morgan fingerprint density at radius 3 is 2.54 bits per heavy atom. The van der Waals surface area contributed by atoms with Gasteiger partial charge in [0.15, 0.2) is 0 Å². The van der Waals surface area contributed by atoms with Gasteiger partial charge in [-0.15, -0.1) is 0 Å². The fourth-order valence-corrected chi connectivity index (χ4v) is 3.48. The average molecular weight is 374 g/mol.